The average molecular weight is 412 g/mol. The van der Waals surface area contributed by atoms with Crippen LogP contribution in [0.15, 0.2) is 60.8 Å². The minimum Gasteiger partial charge on any atom is -0.465 e. The van der Waals surface area contributed by atoms with Crippen LogP contribution in [0, 0.1) is 0 Å². The summed E-state index contributed by atoms with van der Waals surface area (Å²) < 4.78 is 4.85. The molecule has 0 aliphatic rings. The van der Waals surface area contributed by atoms with E-state index in [2.05, 4.69) is 21.2 Å². The highest BCUT2D eigenvalue weighted by atomic mass is 32.1. The number of rotatable bonds is 4. The van der Waals surface area contributed by atoms with Gasteiger partial charge in [-0.25, -0.2) is 4.79 Å². The molecule has 0 unspecified atom stereocenters. The molecule has 0 aliphatic carbocycles. The molecule has 2 aromatic heterocycles. The number of thiophene rings is 1. The molecule has 0 fully saturated rings. The van der Waals surface area contributed by atoms with E-state index in [4.69, 9.17) is 17.0 Å². The van der Waals surface area contributed by atoms with Crippen LogP contribution >= 0.6 is 23.6 Å². The van der Waals surface area contributed by atoms with E-state index in [1.54, 1.807) is 24.3 Å². The maximum Gasteiger partial charge on any atom is 0.340 e. The van der Waals surface area contributed by atoms with Crippen molar-refractivity contribution in [2.75, 3.05) is 12.4 Å². The molecule has 3 aromatic rings. The van der Waals surface area contributed by atoms with E-state index < -0.39 is 11.9 Å². The maximum atomic E-state index is 12.1. The molecule has 1 aromatic carbocycles. The van der Waals surface area contributed by atoms with Crippen LogP contribution in [0.1, 0.15) is 20.8 Å². The Bertz CT molecular complexity index is 991. The molecule has 0 saturated carbocycles. The maximum absolute atomic E-state index is 12.1. The van der Waals surface area contributed by atoms with Gasteiger partial charge in [-0.3, -0.25) is 20.6 Å². The third kappa shape index (κ3) is 4.70. The Hall–Kier alpha value is -3.30. The van der Waals surface area contributed by atoms with Crippen LogP contribution in [0.3, 0.4) is 0 Å². The SMILES string of the molecule is COC(=O)c1cc(-c2ccccc2)sc1NC(=S)NNC(=O)c1ccccn1. The fourth-order valence-electron chi connectivity index (χ4n) is 2.30. The summed E-state index contributed by atoms with van der Waals surface area (Å²) in [5.74, 6) is -0.921. The first-order valence-corrected chi connectivity index (χ1v) is 9.37. The number of thiocarbonyl (C=S) groups is 1. The molecule has 0 bridgehead atoms. The molecule has 0 atom stereocenters. The van der Waals surface area contributed by atoms with E-state index in [9.17, 15) is 9.59 Å². The summed E-state index contributed by atoms with van der Waals surface area (Å²) in [6.07, 6.45) is 1.52. The second-order valence-corrected chi connectivity index (χ2v) is 6.92. The van der Waals surface area contributed by atoms with Crippen molar-refractivity contribution in [2.24, 2.45) is 0 Å². The molecule has 0 radical (unpaired) electrons. The molecule has 142 valence electrons. The lowest BCUT2D eigenvalue weighted by atomic mass is 10.1. The minimum absolute atomic E-state index is 0.121. The number of methoxy groups -OCH3 is 1. The van der Waals surface area contributed by atoms with Gasteiger partial charge in [0.15, 0.2) is 5.11 Å². The molecule has 28 heavy (non-hydrogen) atoms. The summed E-state index contributed by atoms with van der Waals surface area (Å²) in [5, 5.41) is 3.56. The number of aromatic nitrogens is 1. The standard InChI is InChI=1S/C19H16N4O3S2/c1-26-18(25)13-11-15(12-7-3-2-4-8-12)28-17(13)21-19(27)23-22-16(24)14-9-5-6-10-20-14/h2-11H,1H3,(H,22,24)(H2,21,23,27). The third-order valence-electron chi connectivity index (χ3n) is 3.61. The first-order chi connectivity index (χ1) is 13.6. The number of carbonyl (C=O) groups excluding carboxylic acids is 2. The molecular formula is C19H16N4O3S2. The second-order valence-electron chi connectivity index (χ2n) is 5.46. The van der Waals surface area contributed by atoms with Crippen molar-refractivity contribution in [3.8, 4) is 10.4 Å². The topological polar surface area (TPSA) is 92.4 Å². The highest BCUT2D eigenvalue weighted by Gasteiger charge is 2.18. The molecule has 1 amide bonds. The van der Waals surface area contributed by atoms with E-state index >= 15 is 0 Å². The van der Waals surface area contributed by atoms with Gasteiger partial charge in [0.1, 0.15) is 10.7 Å². The third-order valence-corrected chi connectivity index (χ3v) is 4.91. The number of hydrazine groups is 1. The quantitative estimate of drug-likeness (QED) is 0.344. The summed E-state index contributed by atoms with van der Waals surface area (Å²) in [4.78, 5) is 29.0. The fourth-order valence-corrected chi connectivity index (χ4v) is 3.57. The van der Waals surface area contributed by atoms with Crippen molar-refractivity contribution in [2.45, 2.75) is 0 Å². The lowest BCUT2D eigenvalue weighted by molar-refractivity contribution is 0.0602. The summed E-state index contributed by atoms with van der Waals surface area (Å²) in [7, 11) is 1.32. The van der Waals surface area contributed by atoms with Crippen molar-refractivity contribution < 1.29 is 14.3 Å². The molecule has 7 nitrogen and oxygen atoms in total. The minimum atomic E-state index is -0.485. The molecule has 3 rings (SSSR count). The number of ether oxygens (including phenoxy) is 1. The van der Waals surface area contributed by atoms with Gasteiger partial charge >= 0.3 is 5.97 Å². The normalized spacial score (nSPS) is 10.0. The molecular weight excluding hydrogens is 396 g/mol. The predicted octanol–water partition coefficient (Wildman–Crippen LogP) is 3.23. The predicted molar refractivity (Wildman–Crippen MR) is 112 cm³/mol. The second kappa shape index (κ2) is 9.07. The van der Waals surface area contributed by atoms with Gasteiger partial charge < -0.3 is 10.1 Å². The van der Waals surface area contributed by atoms with E-state index in [-0.39, 0.29) is 10.8 Å². The van der Waals surface area contributed by atoms with E-state index in [0.29, 0.717) is 10.6 Å². The number of anilines is 1. The Kier molecular flexibility index (Phi) is 6.30. The highest BCUT2D eigenvalue weighted by molar-refractivity contribution is 7.80. The van der Waals surface area contributed by atoms with Crippen LogP contribution in [0.25, 0.3) is 10.4 Å². The van der Waals surface area contributed by atoms with Crippen LogP contribution in [-0.4, -0.2) is 29.1 Å². The molecule has 2 heterocycles. The van der Waals surface area contributed by atoms with Gasteiger partial charge in [0.05, 0.1) is 12.7 Å². The zero-order valence-corrected chi connectivity index (χ0v) is 16.4. The average Bonchev–Trinajstić information content (AvgIpc) is 3.16. The molecule has 0 spiro atoms. The van der Waals surface area contributed by atoms with Crippen molar-refractivity contribution >= 4 is 45.5 Å². The number of hydrogen-bond acceptors (Lipinski definition) is 6. The van der Waals surface area contributed by atoms with Crippen molar-refractivity contribution in [1.29, 1.82) is 0 Å². The first-order valence-electron chi connectivity index (χ1n) is 8.14. The zero-order valence-electron chi connectivity index (χ0n) is 14.8. The summed E-state index contributed by atoms with van der Waals surface area (Å²) in [6, 6.07) is 16.4. The largest absolute Gasteiger partial charge is 0.465 e. The Morgan fingerprint density at radius 3 is 2.50 bits per heavy atom. The fraction of sp³-hybridized carbons (Fsp3) is 0.0526. The number of nitrogens with one attached hydrogen (secondary N) is 3. The lowest BCUT2D eigenvalue weighted by Gasteiger charge is -2.11. The van der Waals surface area contributed by atoms with Crippen molar-refractivity contribution in [3.63, 3.8) is 0 Å². The number of esters is 1. The van der Waals surface area contributed by atoms with Gasteiger partial charge in [-0.1, -0.05) is 36.4 Å². The number of carbonyl (C=O) groups is 2. The lowest BCUT2D eigenvalue weighted by Crippen LogP contribution is -2.44. The highest BCUT2D eigenvalue weighted by Crippen LogP contribution is 2.35. The van der Waals surface area contributed by atoms with Gasteiger partial charge in [0, 0.05) is 11.1 Å². The summed E-state index contributed by atoms with van der Waals surface area (Å²) in [6.45, 7) is 0. The van der Waals surface area contributed by atoms with Gasteiger partial charge in [-0.05, 0) is 36.0 Å². The van der Waals surface area contributed by atoms with Crippen LogP contribution in [0.2, 0.25) is 0 Å². The smallest absolute Gasteiger partial charge is 0.340 e. The van der Waals surface area contributed by atoms with E-state index in [1.807, 2.05) is 30.3 Å². The molecule has 9 heteroatoms. The monoisotopic (exact) mass is 412 g/mol. The number of nitrogens with zero attached hydrogens (tertiary/aromatic N) is 1. The van der Waals surface area contributed by atoms with E-state index in [1.165, 1.54) is 24.6 Å². The molecule has 0 aliphatic heterocycles. The number of pyridine rings is 1. The van der Waals surface area contributed by atoms with Gasteiger partial charge in [-0.2, -0.15) is 0 Å². The number of benzene rings is 1. The Morgan fingerprint density at radius 1 is 1.07 bits per heavy atom. The Balaban J connectivity index is 1.71. The van der Waals surface area contributed by atoms with Crippen LogP contribution in [0.5, 0.6) is 0 Å². The van der Waals surface area contributed by atoms with Crippen LogP contribution < -0.4 is 16.2 Å². The Labute approximate surface area is 170 Å². The first kappa shape index (κ1) is 19.5. The zero-order chi connectivity index (χ0) is 19.9. The van der Waals surface area contributed by atoms with Crippen LogP contribution in [-0.2, 0) is 4.74 Å². The van der Waals surface area contributed by atoms with Crippen LogP contribution in [0.4, 0.5) is 5.00 Å². The number of hydrogen-bond donors (Lipinski definition) is 3. The van der Waals surface area contributed by atoms with Crippen molar-refractivity contribution in [1.82, 2.24) is 15.8 Å². The van der Waals surface area contributed by atoms with Crippen molar-refractivity contribution in [3.05, 3.63) is 72.1 Å². The molecule has 0 saturated heterocycles. The molecule has 3 N–H and O–H groups in total. The summed E-state index contributed by atoms with van der Waals surface area (Å²) >= 11 is 6.56. The summed E-state index contributed by atoms with van der Waals surface area (Å²) in [5.41, 5.74) is 6.62. The number of amides is 1. The van der Waals surface area contributed by atoms with Gasteiger partial charge in [-0.15, -0.1) is 11.3 Å². The van der Waals surface area contributed by atoms with Gasteiger partial charge in [0.25, 0.3) is 5.91 Å². The Morgan fingerprint density at radius 2 is 1.82 bits per heavy atom. The van der Waals surface area contributed by atoms with E-state index in [0.717, 1.165) is 10.4 Å². The van der Waals surface area contributed by atoms with Gasteiger partial charge in [0.2, 0.25) is 0 Å².